The Morgan fingerprint density at radius 3 is 2.50 bits per heavy atom. The van der Waals surface area contributed by atoms with Gasteiger partial charge in [-0.15, -0.1) is 0 Å². The van der Waals surface area contributed by atoms with Gasteiger partial charge in [-0.3, -0.25) is 0 Å². The van der Waals surface area contributed by atoms with Gasteiger partial charge < -0.3 is 10.1 Å². The first kappa shape index (κ1) is 17.2. The number of nitrogens with one attached hydrogen (secondary N) is 1. The van der Waals surface area contributed by atoms with E-state index in [2.05, 4.69) is 64.2 Å². The summed E-state index contributed by atoms with van der Waals surface area (Å²) in [6, 6.07) is 8.88. The third-order valence-corrected chi connectivity index (χ3v) is 3.49. The number of aryl methyl sites for hydroxylation is 1. The Kier molecular flexibility index (Phi) is 7.25. The lowest BCUT2D eigenvalue weighted by Gasteiger charge is -2.23. The van der Waals surface area contributed by atoms with E-state index in [4.69, 9.17) is 4.74 Å². The first-order valence-corrected chi connectivity index (χ1v) is 7.80. The lowest BCUT2D eigenvalue weighted by Crippen LogP contribution is -2.27. The van der Waals surface area contributed by atoms with Crippen molar-refractivity contribution in [3.63, 3.8) is 0 Å². The molecule has 114 valence electrons. The Labute approximate surface area is 124 Å². The monoisotopic (exact) mass is 277 g/mol. The van der Waals surface area contributed by atoms with Crippen LogP contribution in [0.3, 0.4) is 0 Å². The highest BCUT2D eigenvalue weighted by atomic mass is 16.5. The number of ether oxygens (including phenoxy) is 1. The molecule has 1 atom stereocenters. The molecule has 0 radical (unpaired) electrons. The third kappa shape index (κ3) is 6.53. The van der Waals surface area contributed by atoms with Gasteiger partial charge in [0.15, 0.2) is 0 Å². The van der Waals surface area contributed by atoms with E-state index < -0.39 is 0 Å². The van der Waals surface area contributed by atoms with Gasteiger partial charge in [-0.25, -0.2) is 0 Å². The van der Waals surface area contributed by atoms with Crippen molar-refractivity contribution in [2.24, 2.45) is 5.41 Å². The Balaban J connectivity index is 2.55. The summed E-state index contributed by atoms with van der Waals surface area (Å²) in [6.07, 6.45) is 2.24. The molecule has 0 bridgehead atoms. The summed E-state index contributed by atoms with van der Waals surface area (Å²) < 4.78 is 5.92. The summed E-state index contributed by atoms with van der Waals surface area (Å²) in [6.45, 7) is 13.7. The van der Waals surface area contributed by atoms with Crippen molar-refractivity contribution in [3.8, 4) is 0 Å². The number of hydrogen-bond acceptors (Lipinski definition) is 2. The average Bonchev–Trinajstić information content (AvgIpc) is 2.38. The summed E-state index contributed by atoms with van der Waals surface area (Å²) in [7, 11) is 0. The van der Waals surface area contributed by atoms with Crippen molar-refractivity contribution in [1.82, 2.24) is 5.32 Å². The van der Waals surface area contributed by atoms with Crippen LogP contribution in [0.25, 0.3) is 0 Å². The van der Waals surface area contributed by atoms with Crippen molar-refractivity contribution in [2.45, 2.75) is 53.5 Å². The van der Waals surface area contributed by atoms with E-state index in [1.807, 2.05) is 0 Å². The van der Waals surface area contributed by atoms with Crippen molar-refractivity contribution in [1.29, 1.82) is 0 Å². The second-order valence-corrected chi connectivity index (χ2v) is 6.75. The van der Waals surface area contributed by atoms with Gasteiger partial charge in [0.1, 0.15) is 0 Å². The van der Waals surface area contributed by atoms with Crippen molar-refractivity contribution >= 4 is 0 Å². The van der Waals surface area contributed by atoms with Crippen LogP contribution in [0.4, 0.5) is 0 Å². The number of hydrogen-bond donors (Lipinski definition) is 1. The van der Waals surface area contributed by atoms with E-state index in [1.165, 1.54) is 11.1 Å². The maximum absolute atomic E-state index is 5.92. The molecule has 0 amide bonds. The van der Waals surface area contributed by atoms with E-state index in [0.717, 1.165) is 32.6 Å². The molecule has 1 aromatic rings. The highest BCUT2D eigenvalue weighted by Crippen LogP contribution is 2.20. The Morgan fingerprint density at radius 1 is 1.20 bits per heavy atom. The first-order chi connectivity index (χ1) is 9.44. The van der Waals surface area contributed by atoms with Crippen LogP contribution in [0.5, 0.6) is 0 Å². The minimum atomic E-state index is 0.302. The van der Waals surface area contributed by atoms with Crippen molar-refractivity contribution < 1.29 is 4.74 Å². The van der Waals surface area contributed by atoms with Crippen LogP contribution in [0, 0.1) is 12.3 Å². The zero-order chi connectivity index (χ0) is 15.0. The van der Waals surface area contributed by atoms with Gasteiger partial charge in [0.05, 0.1) is 12.6 Å². The van der Waals surface area contributed by atoms with Crippen LogP contribution < -0.4 is 5.32 Å². The Morgan fingerprint density at radius 2 is 1.90 bits per heavy atom. The van der Waals surface area contributed by atoms with Crippen LogP contribution in [-0.4, -0.2) is 19.8 Å². The number of rotatable bonds is 8. The third-order valence-electron chi connectivity index (χ3n) is 3.49. The van der Waals surface area contributed by atoms with E-state index >= 15 is 0 Å². The fraction of sp³-hybridized carbons (Fsp3) is 0.667. The lowest BCUT2D eigenvalue weighted by atomic mass is 9.93. The Bertz CT molecular complexity index is 381. The molecule has 2 nitrogen and oxygen atoms in total. The standard InChI is InChI=1S/C18H31NO/c1-6-12-19-17(14-20-13-11-18(3,4)5)16-10-8-7-9-15(16)2/h7-10,17,19H,6,11-14H2,1-5H3. The van der Waals surface area contributed by atoms with Crippen LogP contribution in [0.15, 0.2) is 24.3 Å². The molecule has 0 aliphatic rings. The molecule has 20 heavy (non-hydrogen) atoms. The average molecular weight is 277 g/mol. The van der Waals surface area contributed by atoms with Gasteiger partial charge in [-0.05, 0) is 42.9 Å². The summed E-state index contributed by atoms with van der Waals surface area (Å²) in [5.41, 5.74) is 3.03. The highest BCUT2D eigenvalue weighted by Gasteiger charge is 2.14. The maximum atomic E-state index is 5.92. The van der Waals surface area contributed by atoms with Crippen LogP contribution in [-0.2, 0) is 4.74 Å². The smallest absolute Gasteiger partial charge is 0.0661 e. The van der Waals surface area contributed by atoms with E-state index in [1.54, 1.807) is 0 Å². The van der Waals surface area contributed by atoms with Gasteiger partial charge in [0.25, 0.3) is 0 Å². The predicted molar refractivity (Wildman–Crippen MR) is 87.1 cm³/mol. The molecule has 0 spiro atoms. The number of benzene rings is 1. The SMILES string of the molecule is CCCNC(COCCC(C)(C)C)c1ccccc1C. The molecule has 1 unspecified atom stereocenters. The normalized spacial score (nSPS) is 13.4. The largest absolute Gasteiger partial charge is 0.379 e. The molecule has 1 N–H and O–H groups in total. The van der Waals surface area contributed by atoms with E-state index in [9.17, 15) is 0 Å². The molecule has 0 saturated heterocycles. The molecule has 0 aliphatic carbocycles. The van der Waals surface area contributed by atoms with Gasteiger partial charge in [-0.1, -0.05) is 52.0 Å². The molecular formula is C18H31NO. The minimum Gasteiger partial charge on any atom is -0.379 e. The summed E-state index contributed by atoms with van der Waals surface area (Å²) >= 11 is 0. The highest BCUT2D eigenvalue weighted by molar-refractivity contribution is 5.28. The molecule has 0 aliphatic heterocycles. The lowest BCUT2D eigenvalue weighted by molar-refractivity contribution is 0.0896. The fourth-order valence-electron chi connectivity index (χ4n) is 2.13. The second-order valence-electron chi connectivity index (χ2n) is 6.75. The molecule has 1 aromatic carbocycles. The zero-order valence-corrected chi connectivity index (χ0v) is 13.8. The van der Waals surface area contributed by atoms with Gasteiger partial charge in [-0.2, -0.15) is 0 Å². The maximum Gasteiger partial charge on any atom is 0.0661 e. The zero-order valence-electron chi connectivity index (χ0n) is 13.8. The van der Waals surface area contributed by atoms with E-state index in [-0.39, 0.29) is 0 Å². The van der Waals surface area contributed by atoms with Crippen molar-refractivity contribution in [2.75, 3.05) is 19.8 Å². The molecule has 0 heterocycles. The van der Waals surface area contributed by atoms with Gasteiger partial charge in [0.2, 0.25) is 0 Å². The first-order valence-electron chi connectivity index (χ1n) is 7.80. The van der Waals surface area contributed by atoms with Crippen LogP contribution >= 0.6 is 0 Å². The molecular weight excluding hydrogens is 246 g/mol. The topological polar surface area (TPSA) is 21.3 Å². The predicted octanol–water partition coefficient (Wildman–Crippen LogP) is 4.49. The molecule has 0 fully saturated rings. The summed E-state index contributed by atoms with van der Waals surface area (Å²) in [5, 5.41) is 3.60. The summed E-state index contributed by atoms with van der Waals surface area (Å²) in [4.78, 5) is 0. The molecule has 1 rings (SSSR count). The second kappa shape index (κ2) is 8.43. The Hall–Kier alpha value is -0.860. The summed E-state index contributed by atoms with van der Waals surface area (Å²) in [5.74, 6) is 0. The van der Waals surface area contributed by atoms with Crippen molar-refractivity contribution in [3.05, 3.63) is 35.4 Å². The molecule has 0 aromatic heterocycles. The quantitative estimate of drug-likeness (QED) is 0.707. The van der Waals surface area contributed by atoms with E-state index in [0.29, 0.717) is 11.5 Å². The minimum absolute atomic E-state index is 0.302. The molecule has 0 saturated carbocycles. The van der Waals surface area contributed by atoms with Gasteiger partial charge >= 0.3 is 0 Å². The molecule has 2 heteroatoms. The van der Waals surface area contributed by atoms with Crippen LogP contribution in [0.1, 0.15) is 57.7 Å². The van der Waals surface area contributed by atoms with Crippen LogP contribution in [0.2, 0.25) is 0 Å². The fourth-order valence-corrected chi connectivity index (χ4v) is 2.13. The van der Waals surface area contributed by atoms with Gasteiger partial charge in [0, 0.05) is 6.61 Å².